The molecule has 108 valence electrons. The molecule has 0 aromatic rings. The molecule has 3 heteroatoms. The summed E-state index contributed by atoms with van der Waals surface area (Å²) in [4.78, 5) is 2.42. The Labute approximate surface area is 113 Å². The minimum Gasteiger partial charge on any atom is -0.368 e. The Morgan fingerprint density at radius 1 is 1.17 bits per heavy atom. The number of rotatable bonds is 4. The number of hydrogen-bond acceptors (Lipinski definition) is 3. The van der Waals surface area contributed by atoms with Gasteiger partial charge in [-0.1, -0.05) is 6.92 Å². The molecule has 1 heterocycles. The van der Waals surface area contributed by atoms with E-state index < -0.39 is 0 Å². The second-order valence-corrected chi connectivity index (χ2v) is 7.49. The van der Waals surface area contributed by atoms with E-state index in [-0.39, 0.29) is 22.8 Å². The van der Waals surface area contributed by atoms with Crippen molar-refractivity contribution in [1.82, 2.24) is 4.90 Å². The van der Waals surface area contributed by atoms with Gasteiger partial charge in [0.05, 0.1) is 11.2 Å². The molecule has 0 saturated carbocycles. The number of nitrogens with zero attached hydrogens (tertiary/aromatic N) is 1. The van der Waals surface area contributed by atoms with Crippen LogP contribution in [0.3, 0.4) is 0 Å². The third-order valence-corrected chi connectivity index (χ3v) is 5.02. The minimum absolute atomic E-state index is 0.0857. The van der Waals surface area contributed by atoms with Crippen LogP contribution in [-0.4, -0.2) is 41.3 Å². The van der Waals surface area contributed by atoms with E-state index in [1.165, 1.54) is 0 Å². The summed E-state index contributed by atoms with van der Waals surface area (Å²) in [6.07, 6.45) is 1.14. The monoisotopic (exact) mass is 256 g/mol. The van der Waals surface area contributed by atoms with Crippen LogP contribution in [0.15, 0.2) is 0 Å². The first-order valence-electron chi connectivity index (χ1n) is 7.11. The highest BCUT2D eigenvalue weighted by molar-refractivity contribution is 5.05. The largest absolute Gasteiger partial charge is 0.368 e. The van der Waals surface area contributed by atoms with Crippen molar-refractivity contribution in [3.63, 3.8) is 0 Å². The zero-order valence-electron chi connectivity index (χ0n) is 13.5. The molecule has 0 aromatic carbocycles. The van der Waals surface area contributed by atoms with Crippen LogP contribution in [0.1, 0.15) is 54.9 Å². The van der Waals surface area contributed by atoms with Crippen LogP contribution >= 0.6 is 0 Å². The van der Waals surface area contributed by atoms with Crippen molar-refractivity contribution in [1.29, 1.82) is 0 Å². The predicted octanol–water partition coefficient (Wildman–Crippen LogP) is 2.64. The van der Waals surface area contributed by atoms with Gasteiger partial charge >= 0.3 is 0 Å². The molecule has 1 saturated heterocycles. The number of nitrogens with two attached hydrogens (primary N) is 1. The lowest BCUT2D eigenvalue weighted by Gasteiger charge is -2.39. The van der Waals surface area contributed by atoms with Crippen molar-refractivity contribution in [3.8, 4) is 0 Å². The first-order chi connectivity index (χ1) is 7.94. The molecule has 18 heavy (non-hydrogen) atoms. The highest BCUT2D eigenvalue weighted by Gasteiger charge is 2.52. The Morgan fingerprint density at radius 2 is 1.67 bits per heavy atom. The summed E-state index contributed by atoms with van der Waals surface area (Å²) in [7, 11) is 2.19. The van der Waals surface area contributed by atoms with Crippen LogP contribution in [0, 0.1) is 5.92 Å². The predicted molar refractivity (Wildman–Crippen MR) is 77.7 cm³/mol. The average Bonchev–Trinajstić information content (AvgIpc) is 2.36. The van der Waals surface area contributed by atoms with Crippen LogP contribution < -0.4 is 5.73 Å². The van der Waals surface area contributed by atoms with Crippen molar-refractivity contribution in [2.75, 3.05) is 13.6 Å². The van der Waals surface area contributed by atoms with E-state index in [1.54, 1.807) is 0 Å². The molecule has 1 rings (SSSR count). The zero-order valence-corrected chi connectivity index (χ0v) is 13.5. The van der Waals surface area contributed by atoms with E-state index in [4.69, 9.17) is 10.5 Å². The van der Waals surface area contributed by atoms with Crippen LogP contribution in [0.2, 0.25) is 0 Å². The maximum Gasteiger partial charge on any atom is 0.0788 e. The van der Waals surface area contributed by atoms with Crippen molar-refractivity contribution >= 4 is 0 Å². The summed E-state index contributed by atoms with van der Waals surface area (Å²) in [6, 6.07) is 0.0857. The average molecular weight is 256 g/mol. The van der Waals surface area contributed by atoms with Gasteiger partial charge in [-0.05, 0) is 55.0 Å². The summed E-state index contributed by atoms with van der Waals surface area (Å²) in [5.41, 5.74) is 6.24. The SMILES string of the molecule is CCC(C)(C)N(C)CC1C(N)C(C)(C)OC1(C)C. The van der Waals surface area contributed by atoms with E-state index in [0.717, 1.165) is 13.0 Å². The first kappa shape index (κ1) is 15.9. The molecule has 0 bridgehead atoms. The third-order valence-electron chi connectivity index (χ3n) is 5.02. The van der Waals surface area contributed by atoms with Crippen LogP contribution in [0.4, 0.5) is 0 Å². The van der Waals surface area contributed by atoms with Gasteiger partial charge in [0.15, 0.2) is 0 Å². The minimum atomic E-state index is -0.231. The summed E-state index contributed by atoms with van der Waals surface area (Å²) < 4.78 is 6.16. The van der Waals surface area contributed by atoms with Gasteiger partial charge in [0.1, 0.15) is 0 Å². The van der Waals surface area contributed by atoms with Gasteiger partial charge in [0.2, 0.25) is 0 Å². The fourth-order valence-corrected chi connectivity index (χ4v) is 2.88. The Bertz CT molecular complexity index is 297. The summed E-state index contributed by atoms with van der Waals surface area (Å²) >= 11 is 0. The van der Waals surface area contributed by atoms with Gasteiger partial charge in [-0.25, -0.2) is 0 Å². The van der Waals surface area contributed by atoms with Crippen LogP contribution in [-0.2, 0) is 4.74 Å². The second kappa shape index (κ2) is 4.77. The fraction of sp³-hybridized carbons (Fsp3) is 1.00. The lowest BCUT2D eigenvalue weighted by Crippen LogP contribution is -2.51. The molecule has 2 atom stereocenters. The molecule has 0 aliphatic carbocycles. The first-order valence-corrected chi connectivity index (χ1v) is 7.11. The summed E-state index contributed by atoms with van der Waals surface area (Å²) in [5, 5.41) is 0. The second-order valence-electron chi connectivity index (χ2n) is 7.49. The number of ether oxygens (including phenoxy) is 1. The molecular formula is C15H32N2O. The van der Waals surface area contributed by atoms with E-state index in [9.17, 15) is 0 Å². The molecule has 2 unspecified atom stereocenters. The van der Waals surface area contributed by atoms with E-state index in [2.05, 4.69) is 60.4 Å². The summed E-state index contributed by atoms with van der Waals surface area (Å²) in [6.45, 7) is 16.3. The van der Waals surface area contributed by atoms with Gasteiger partial charge in [-0.2, -0.15) is 0 Å². The lowest BCUT2D eigenvalue weighted by atomic mass is 9.82. The molecule has 0 spiro atoms. The third kappa shape index (κ3) is 2.89. The Hall–Kier alpha value is -0.120. The normalized spacial score (nSPS) is 31.0. The topological polar surface area (TPSA) is 38.5 Å². The molecule has 1 aliphatic rings. The quantitative estimate of drug-likeness (QED) is 0.840. The van der Waals surface area contributed by atoms with Crippen LogP contribution in [0.5, 0.6) is 0 Å². The Kier molecular flexibility index (Phi) is 4.22. The molecule has 1 aliphatic heterocycles. The smallest absolute Gasteiger partial charge is 0.0788 e. The van der Waals surface area contributed by atoms with E-state index >= 15 is 0 Å². The van der Waals surface area contributed by atoms with Gasteiger partial charge in [0.25, 0.3) is 0 Å². The van der Waals surface area contributed by atoms with Gasteiger partial charge in [-0.3, -0.25) is 0 Å². The van der Waals surface area contributed by atoms with Gasteiger partial charge < -0.3 is 15.4 Å². The molecule has 0 aromatic heterocycles. The standard InChI is InChI=1S/C15H32N2O/c1-9-13(2,3)17(8)10-11-12(16)15(6,7)18-14(11,4)5/h11-12H,9-10,16H2,1-8H3. The summed E-state index contributed by atoms with van der Waals surface area (Å²) in [5.74, 6) is 0.364. The Balaban J connectivity index is 2.84. The molecule has 0 radical (unpaired) electrons. The molecular weight excluding hydrogens is 224 g/mol. The van der Waals surface area contributed by atoms with Crippen molar-refractivity contribution < 1.29 is 4.74 Å². The van der Waals surface area contributed by atoms with Crippen molar-refractivity contribution in [2.24, 2.45) is 11.7 Å². The van der Waals surface area contributed by atoms with Gasteiger partial charge in [0, 0.05) is 24.0 Å². The van der Waals surface area contributed by atoms with Crippen molar-refractivity contribution in [2.45, 2.75) is 77.7 Å². The van der Waals surface area contributed by atoms with Crippen LogP contribution in [0.25, 0.3) is 0 Å². The fourth-order valence-electron chi connectivity index (χ4n) is 2.88. The highest BCUT2D eigenvalue weighted by Crippen LogP contribution is 2.42. The lowest BCUT2D eigenvalue weighted by molar-refractivity contribution is -0.0796. The molecule has 1 fully saturated rings. The zero-order chi connectivity index (χ0) is 14.4. The van der Waals surface area contributed by atoms with Crippen molar-refractivity contribution in [3.05, 3.63) is 0 Å². The van der Waals surface area contributed by atoms with Gasteiger partial charge in [-0.15, -0.1) is 0 Å². The molecule has 0 amide bonds. The number of hydrogen-bond donors (Lipinski definition) is 1. The maximum absolute atomic E-state index is 6.41. The molecule has 3 nitrogen and oxygen atoms in total. The maximum atomic E-state index is 6.41. The highest BCUT2D eigenvalue weighted by atomic mass is 16.5. The van der Waals surface area contributed by atoms with E-state index in [0.29, 0.717) is 5.92 Å². The molecule has 2 N–H and O–H groups in total. The van der Waals surface area contributed by atoms with E-state index in [1.807, 2.05) is 0 Å². The Morgan fingerprint density at radius 3 is 2.00 bits per heavy atom.